The zero-order valence-corrected chi connectivity index (χ0v) is 15.6. The normalized spacial score (nSPS) is 10.7. The van der Waals surface area contributed by atoms with Crippen molar-refractivity contribution in [2.45, 2.75) is 11.3 Å². The molecule has 0 radical (unpaired) electrons. The molecule has 7 heteroatoms. The number of halogens is 1. The van der Waals surface area contributed by atoms with Gasteiger partial charge in [-0.1, -0.05) is 11.6 Å². The zero-order valence-electron chi connectivity index (χ0n) is 14.0. The number of benzene rings is 2. The molecule has 0 saturated carbocycles. The first-order valence-corrected chi connectivity index (χ1v) is 8.91. The molecule has 2 rings (SSSR count). The van der Waals surface area contributed by atoms with E-state index in [4.69, 9.17) is 21.1 Å². The summed E-state index contributed by atoms with van der Waals surface area (Å²) in [5.74, 6) is 1.84. The van der Waals surface area contributed by atoms with Crippen LogP contribution in [0, 0.1) is 0 Å². The molecule has 0 aliphatic carbocycles. The Bertz CT molecular complexity index is 736. The number of rotatable bonds is 8. The van der Waals surface area contributed by atoms with Gasteiger partial charge in [-0.25, -0.2) is 5.43 Å². The number of amides is 1. The Morgan fingerprint density at radius 3 is 2.64 bits per heavy atom. The fraction of sp³-hybridized carbons (Fsp3) is 0.222. The summed E-state index contributed by atoms with van der Waals surface area (Å²) in [6.07, 6.45) is 1.89. The first-order chi connectivity index (χ1) is 12.1. The summed E-state index contributed by atoms with van der Waals surface area (Å²) < 4.78 is 10.4. The van der Waals surface area contributed by atoms with Crippen LogP contribution in [0.15, 0.2) is 52.5 Å². The monoisotopic (exact) mass is 378 g/mol. The maximum absolute atomic E-state index is 11.8. The highest BCUT2D eigenvalue weighted by Gasteiger charge is 2.04. The molecular formula is C18H19ClN2O3S. The summed E-state index contributed by atoms with van der Waals surface area (Å²) >= 11 is 7.43. The first kappa shape index (κ1) is 19.1. The number of hydrazone groups is 1. The quantitative estimate of drug-likeness (QED) is 0.428. The molecule has 0 saturated heterocycles. The van der Waals surface area contributed by atoms with Crippen molar-refractivity contribution in [1.29, 1.82) is 0 Å². The van der Waals surface area contributed by atoms with E-state index < -0.39 is 0 Å². The van der Waals surface area contributed by atoms with Crippen LogP contribution in [0.25, 0.3) is 0 Å². The number of carbonyl (C=O) groups excluding carboxylic acids is 1. The zero-order chi connectivity index (χ0) is 18.1. The third-order valence-corrected chi connectivity index (χ3v) is 4.51. The molecule has 0 spiro atoms. The number of ether oxygens (including phenoxy) is 2. The van der Waals surface area contributed by atoms with Crippen molar-refractivity contribution in [3.05, 3.63) is 53.1 Å². The Morgan fingerprint density at radius 2 is 1.96 bits per heavy atom. The third kappa shape index (κ3) is 6.32. The van der Waals surface area contributed by atoms with Crippen molar-refractivity contribution in [1.82, 2.24) is 5.43 Å². The van der Waals surface area contributed by atoms with Crippen LogP contribution >= 0.6 is 23.4 Å². The van der Waals surface area contributed by atoms with Crippen LogP contribution in [0.4, 0.5) is 0 Å². The standard InChI is InChI=1S/C18H19ClN2O3S/c1-23-15-5-8-17(24-2)13(11-15)12-20-21-18(22)9-10-25-16-6-3-14(19)4-7-16/h3-8,11-12H,9-10H2,1-2H3,(H,21,22)/b20-12+. The lowest BCUT2D eigenvalue weighted by Crippen LogP contribution is -2.17. The van der Waals surface area contributed by atoms with Crippen LogP contribution in [0.2, 0.25) is 5.02 Å². The van der Waals surface area contributed by atoms with E-state index in [0.29, 0.717) is 28.7 Å². The Balaban J connectivity index is 1.81. The van der Waals surface area contributed by atoms with E-state index in [2.05, 4.69) is 10.5 Å². The highest BCUT2D eigenvalue weighted by atomic mass is 35.5. The second kappa shape index (κ2) is 9.96. The largest absolute Gasteiger partial charge is 0.497 e. The predicted molar refractivity (Wildman–Crippen MR) is 102 cm³/mol. The first-order valence-electron chi connectivity index (χ1n) is 7.54. The van der Waals surface area contributed by atoms with Gasteiger partial charge in [0.2, 0.25) is 5.91 Å². The molecular weight excluding hydrogens is 360 g/mol. The topological polar surface area (TPSA) is 59.9 Å². The Labute approximate surface area is 156 Å². The van der Waals surface area contributed by atoms with Crippen molar-refractivity contribution in [3.8, 4) is 11.5 Å². The van der Waals surface area contributed by atoms with Gasteiger partial charge in [-0.2, -0.15) is 5.10 Å². The third-order valence-electron chi connectivity index (χ3n) is 3.24. The SMILES string of the molecule is COc1ccc(OC)c(/C=N/NC(=O)CCSc2ccc(Cl)cc2)c1. The van der Waals surface area contributed by atoms with Crippen LogP contribution in [0.3, 0.4) is 0 Å². The van der Waals surface area contributed by atoms with Crippen LogP contribution in [0.1, 0.15) is 12.0 Å². The minimum atomic E-state index is -0.153. The molecule has 132 valence electrons. The Hall–Kier alpha value is -2.18. The van der Waals surface area contributed by atoms with Crippen molar-refractivity contribution in [2.75, 3.05) is 20.0 Å². The molecule has 2 aromatic carbocycles. The number of nitrogens with zero attached hydrogens (tertiary/aromatic N) is 1. The van der Waals surface area contributed by atoms with Gasteiger partial charge in [0.1, 0.15) is 11.5 Å². The lowest BCUT2D eigenvalue weighted by Gasteiger charge is -2.06. The fourth-order valence-corrected chi connectivity index (χ4v) is 2.94. The predicted octanol–water partition coefficient (Wildman–Crippen LogP) is 3.99. The molecule has 0 aliphatic heterocycles. The number of carbonyl (C=O) groups is 1. The van der Waals surface area contributed by atoms with Gasteiger partial charge in [-0.15, -0.1) is 11.8 Å². The summed E-state index contributed by atoms with van der Waals surface area (Å²) in [7, 11) is 3.16. The highest BCUT2D eigenvalue weighted by Crippen LogP contribution is 2.22. The van der Waals surface area contributed by atoms with Crippen LogP contribution in [-0.2, 0) is 4.79 Å². The molecule has 1 N–H and O–H groups in total. The van der Waals surface area contributed by atoms with E-state index in [1.54, 1.807) is 44.2 Å². The lowest BCUT2D eigenvalue weighted by atomic mass is 10.2. The highest BCUT2D eigenvalue weighted by molar-refractivity contribution is 7.99. The molecule has 1 amide bonds. The lowest BCUT2D eigenvalue weighted by molar-refractivity contribution is -0.120. The van der Waals surface area contributed by atoms with Gasteiger partial charge in [0.05, 0.1) is 20.4 Å². The van der Waals surface area contributed by atoms with Gasteiger partial charge in [0.25, 0.3) is 0 Å². The number of methoxy groups -OCH3 is 2. The minimum Gasteiger partial charge on any atom is -0.497 e. The fourth-order valence-electron chi connectivity index (χ4n) is 1.96. The number of hydrogen-bond donors (Lipinski definition) is 1. The van der Waals surface area contributed by atoms with Crippen LogP contribution in [0.5, 0.6) is 11.5 Å². The molecule has 0 bridgehead atoms. The van der Waals surface area contributed by atoms with Gasteiger partial charge in [-0.3, -0.25) is 4.79 Å². The smallest absolute Gasteiger partial charge is 0.240 e. The number of thioether (sulfide) groups is 1. The maximum atomic E-state index is 11.8. The summed E-state index contributed by atoms with van der Waals surface area (Å²) in [5.41, 5.74) is 3.24. The van der Waals surface area contributed by atoms with E-state index in [-0.39, 0.29) is 5.91 Å². The van der Waals surface area contributed by atoms with Crippen molar-refractivity contribution in [3.63, 3.8) is 0 Å². The number of hydrogen-bond acceptors (Lipinski definition) is 5. The molecule has 0 atom stereocenters. The molecule has 5 nitrogen and oxygen atoms in total. The summed E-state index contributed by atoms with van der Waals surface area (Å²) in [5, 5.41) is 4.67. The minimum absolute atomic E-state index is 0.153. The average Bonchev–Trinajstić information content (AvgIpc) is 2.63. The van der Waals surface area contributed by atoms with E-state index in [0.717, 1.165) is 10.5 Å². The van der Waals surface area contributed by atoms with Crippen molar-refractivity contribution >= 4 is 35.5 Å². The Morgan fingerprint density at radius 1 is 1.20 bits per heavy atom. The number of nitrogens with one attached hydrogen (secondary N) is 1. The van der Waals surface area contributed by atoms with E-state index in [9.17, 15) is 4.79 Å². The van der Waals surface area contributed by atoms with Gasteiger partial charge in [-0.05, 0) is 42.5 Å². The second-order valence-corrected chi connectivity index (χ2v) is 6.56. The van der Waals surface area contributed by atoms with Crippen LogP contribution in [-0.4, -0.2) is 32.1 Å². The van der Waals surface area contributed by atoms with E-state index in [1.807, 2.05) is 24.3 Å². The summed E-state index contributed by atoms with van der Waals surface area (Å²) in [6.45, 7) is 0. The molecule has 25 heavy (non-hydrogen) atoms. The van der Waals surface area contributed by atoms with Crippen LogP contribution < -0.4 is 14.9 Å². The van der Waals surface area contributed by atoms with Gasteiger partial charge in [0, 0.05) is 27.7 Å². The van der Waals surface area contributed by atoms with Gasteiger partial charge < -0.3 is 9.47 Å². The average molecular weight is 379 g/mol. The summed E-state index contributed by atoms with van der Waals surface area (Å²) in [4.78, 5) is 12.9. The van der Waals surface area contributed by atoms with Crippen molar-refractivity contribution in [2.24, 2.45) is 5.10 Å². The molecule has 0 aromatic heterocycles. The maximum Gasteiger partial charge on any atom is 0.240 e. The molecule has 2 aromatic rings. The summed E-state index contributed by atoms with van der Waals surface area (Å²) in [6, 6.07) is 12.9. The van der Waals surface area contributed by atoms with E-state index in [1.165, 1.54) is 6.21 Å². The van der Waals surface area contributed by atoms with Gasteiger partial charge in [0.15, 0.2) is 0 Å². The molecule has 0 heterocycles. The molecule has 0 aliphatic rings. The molecule has 0 unspecified atom stereocenters. The van der Waals surface area contributed by atoms with Crippen molar-refractivity contribution < 1.29 is 14.3 Å². The van der Waals surface area contributed by atoms with E-state index >= 15 is 0 Å². The second-order valence-electron chi connectivity index (χ2n) is 4.95. The molecule has 0 fully saturated rings. The van der Waals surface area contributed by atoms with Gasteiger partial charge >= 0.3 is 0 Å². The Kier molecular flexibility index (Phi) is 7.63.